The molecule has 3 N–H and O–H groups in total. The fourth-order valence-electron chi connectivity index (χ4n) is 4.37. The lowest BCUT2D eigenvalue weighted by Gasteiger charge is -2.28. The minimum atomic E-state index is -0.974. The van der Waals surface area contributed by atoms with Gasteiger partial charge in [0.15, 0.2) is 0 Å². The van der Waals surface area contributed by atoms with Crippen molar-refractivity contribution in [3.8, 4) is 0 Å². The highest BCUT2D eigenvalue weighted by atomic mass is 16.4. The lowest BCUT2D eigenvalue weighted by atomic mass is 10.0. The molecule has 1 aromatic carbocycles. The minimum Gasteiger partial charge on any atom is -0.480 e. The van der Waals surface area contributed by atoms with Crippen LogP contribution in [0, 0.1) is 17.3 Å². The standard InChI is InChI=1S/C19H21N3O4/c1-19(2)11-9-22(16(15(11)19)18(25)26)14(23)8-20-17(24)13-7-10-5-3-4-6-12(10)21-13/h3-7,11,15-16,21H,8-9H2,1-2H3,(H,20,24)(H,25,26)/t11-,15?,16-/m0/s1. The second-order valence-electron chi connectivity index (χ2n) is 7.74. The third kappa shape index (κ3) is 2.46. The van der Waals surface area contributed by atoms with Gasteiger partial charge in [0, 0.05) is 23.4 Å². The van der Waals surface area contributed by atoms with Crippen molar-refractivity contribution in [3.63, 3.8) is 0 Å². The van der Waals surface area contributed by atoms with Gasteiger partial charge >= 0.3 is 5.97 Å². The number of benzene rings is 1. The highest BCUT2D eigenvalue weighted by Gasteiger charge is 2.69. The fraction of sp³-hybridized carbons (Fsp3) is 0.421. The Kier molecular flexibility index (Phi) is 3.57. The third-order valence-electron chi connectivity index (χ3n) is 5.96. The summed E-state index contributed by atoms with van der Waals surface area (Å²) in [5.41, 5.74) is 1.18. The molecule has 1 unspecified atom stereocenters. The van der Waals surface area contributed by atoms with Crippen molar-refractivity contribution in [1.82, 2.24) is 15.2 Å². The summed E-state index contributed by atoms with van der Waals surface area (Å²) in [5, 5.41) is 13.0. The third-order valence-corrected chi connectivity index (χ3v) is 5.96. The monoisotopic (exact) mass is 355 g/mol. The number of carbonyl (C=O) groups excluding carboxylic acids is 2. The molecule has 0 radical (unpaired) electrons. The zero-order valence-corrected chi connectivity index (χ0v) is 14.7. The lowest BCUT2D eigenvalue weighted by molar-refractivity contribution is -0.149. The van der Waals surface area contributed by atoms with E-state index in [2.05, 4.69) is 10.3 Å². The Labute approximate surface area is 150 Å². The maximum absolute atomic E-state index is 12.5. The molecule has 2 fully saturated rings. The van der Waals surface area contributed by atoms with Crippen LogP contribution in [-0.2, 0) is 9.59 Å². The van der Waals surface area contributed by atoms with Crippen molar-refractivity contribution in [2.24, 2.45) is 17.3 Å². The van der Waals surface area contributed by atoms with E-state index >= 15 is 0 Å². The highest BCUT2D eigenvalue weighted by molar-refractivity contribution is 5.99. The van der Waals surface area contributed by atoms with Crippen LogP contribution in [0.3, 0.4) is 0 Å². The van der Waals surface area contributed by atoms with Crippen LogP contribution >= 0.6 is 0 Å². The number of rotatable bonds is 4. The highest BCUT2D eigenvalue weighted by Crippen LogP contribution is 2.64. The molecule has 4 rings (SSSR count). The molecule has 0 spiro atoms. The first-order valence-corrected chi connectivity index (χ1v) is 8.69. The second kappa shape index (κ2) is 5.59. The average molecular weight is 355 g/mol. The van der Waals surface area contributed by atoms with E-state index in [1.165, 1.54) is 4.90 Å². The number of aromatic amines is 1. The quantitative estimate of drug-likeness (QED) is 0.773. The molecule has 1 saturated carbocycles. The van der Waals surface area contributed by atoms with Crippen molar-refractivity contribution in [2.75, 3.05) is 13.1 Å². The molecule has 2 amide bonds. The number of piperidine rings is 1. The molecular weight excluding hydrogens is 334 g/mol. The topological polar surface area (TPSA) is 102 Å². The zero-order chi connectivity index (χ0) is 18.6. The summed E-state index contributed by atoms with van der Waals surface area (Å²) in [5.74, 6) is -1.50. The number of fused-ring (bicyclic) bond motifs is 2. The molecule has 1 aromatic heterocycles. The van der Waals surface area contributed by atoms with Crippen LogP contribution in [0.1, 0.15) is 24.3 Å². The Balaban J connectivity index is 1.41. The van der Waals surface area contributed by atoms with E-state index in [1.807, 2.05) is 38.1 Å². The van der Waals surface area contributed by atoms with Crippen molar-refractivity contribution in [2.45, 2.75) is 19.9 Å². The first kappa shape index (κ1) is 16.6. The number of carboxylic acid groups (broad SMARTS) is 1. The number of carboxylic acids is 1. The molecule has 3 atom stereocenters. The van der Waals surface area contributed by atoms with Crippen LogP contribution in [0.15, 0.2) is 30.3 Å². The molecule has 2 aromatic rings. The van der Waals surface area contributed by atoms with E-state index in [-0.39, 0.29) is 35.6 Å². The number of aromatic nitrogens is 1. The Morgan fingerprint density at radius 3 is 2.73 bits per heavy atom. The number of hydrogen-bond donors (Lipinski definition) is 3. The predicted octanol–water partition coefficient (Wildman–Crippen LogP) is 1.47. The summed E-state index contributed by atoms with van der Waals surface area (Å²) < 4.78 is 0. The van der Waals surface area contributed by atoms with E-state index < -0.39 is 12.0 Å². The van der Waals surface area contributed by atoms with E-state index in [0.717, 1.165) is 10.9 Å². The SMILES string of the molecule is CC1(C)C2[C@@H](C(=O)O)N(C(=O)CNC(=O)c3cc4ccccc4[nH]3)C[C@@H]21. The number of H-pyrrole nitrogens is 1. The van der Waals surface area contributed by atoms with Crippen molar-refractivity contribution < 1.29 is 19.5 Å². The summed E-state index contributed by atoms with van der Waals surface area (Å²) >= 11 is 0. The Hall–Kier alpha value is -2.83. The molecule has 1 saturated heterocycles. The Morgan fingerprint density at radius 1 is 1.31 bits per heavy atom. The normalized spacial score (nSPS) is 25.8. The summed E-state index contributed by atoms with van der Waals surface area (Å²) in [6, 6.07) is 8.44. The van der Waals surface area contributed by atoms with Gasteiger partial charge in [0.25, 0.3) is 5.91 Å². The van der Waals surface area contributed by atoms with Crippen molar-refractivity contribution in [3.05, 3.63) is 36.0 Å². The molecular formula is C19H21N3O4. The van der Waals surface area contributed by atoms with Crippen LogP contribution in [-0.4, -0.2) is 51.9 Å². The molecule has 26 heavy (non-hydrogen) atoms. The van der Waals surface area contributed by atoms with Crippen LogP contribution in [0.2, 0.25) is 0 Å². The fourth-order valence-corrected chi connectivity index (χ4v) is 4.37. The molecule has 2 aliphatic rings. The summed E-state index contributed by atoms with van der Waals surface area (Å²) in [4.78, 5) is 40.8. The number of carbonyl (C=O) groups is 3. The van der Waals surface area contributed by atoms with Gasteiger partial charge in [0.1, 0.15) is 11.7 Å². The number of nitrogens with zero attached hydrogens (tertiary/aromatic N) is 1. The minimum absolute atomic E-state index is 0.00615. The van der Waals surface area contributed by atoms with Crippen molar-refractivity contribution >= 4 is 28.7 Å². The molecule has 0 bridgehead atoms. The van der Waals surface area contributed by atoms with Gasteiger partial charge in [-0.2, -0.15) is 0 Å². The van der Waals surface area contributed by atoms with Gasteiger partial charge < -0.3 is 20.3 Å². The van der Waals surface area contributed by atoms with Gasteiger partial charge in [0.05, 0.1) is 6.54 Å². The van der Waals surface area contributed by atoms with Crippen LogP contribution < -0.4 is 5.32 Å². The molecule has 7 nitrogen and oxygen atoms in total. The first-order valence-electron chi connectivity index (χ1n) is 8.69. The number of nitrogens with one attached hydrogen (secondary N) is 2. The van der Waals surface area contributed by atoms with Gasteiger partial charge in [-0.05, 0) is 23.5 Å². The van der Waals surface area contributed by atoms with E-state index in [4.69, 9.17) is 0 Å². The lowest BCUT2D eigenvalue weighted by Crippen LogP contribution is -2.49. The molecule has 2 heterocycles. The number of amides is 2. The van der Waals surface area contributed by atoms with Crippen molar-refractivity contribution in [1.29, 1.82) is 0 Å². The van der Waals surface area contributed by atoms with E-state index in [0.29, 0.717) is 12.2 Å². The Bertz CT molecular complexity index is 883. The van der Waals surface area contributed by atoms with Gasteiger partial charge in [-0.25, -0.2) is 4.79 Å². The predicted molar refractivity (Wildman–Crippen MR) is 94.5 cm³/mol. The molecule has 7 heteroatoms. The van der Waals surface area contributed by atoms with Gasteiger partial charge in [-0.3, -0.25) is 9.59 Å². The smallest absolute Gasteiger partial charge is 0.326 e. The Morgan fingerprint density at radius 2 is 2.04 bits per heavy atom. The van der Waals surface area contributed by atoms with E-state index in [1.54, 1.807) is 6.07 Å². The maximum atomic E-state index is 12.5. The van der Waals surface area contributed by atoms with Crippen LogP contribution in [0.25, 0.3) is 10.9 Å². The van der Waals surface area contributed by atoms with E-state index in [9.17, 15) is 19.5 Å². The molecule has 1 aliphatic carbocycles. The van der Waals surface area contributed by atoms with Crippen LogP contribution in [0.5, 0.6) is 0 Å². The van der Waals surface area contributed by atoms with Gasteiger partial charge in [-0.15, -0.1) is 0 Å². The summed E-state index contributed by atoms with van der Waals surface area (Å²) in [6.07, 6.45) is 0. The number of para-hydroxylation sites is 1. The second-order valence-corrected chi connectivity index (χ2v) is 7.74. The summed E-state index contributed by atoms with van der Waals surface area (Å²) in [7, 11) is 0. The summed E-state index contributed by atoms with van der Waals surface area (Å²) in [6.45, 7) is 4.31. The average Bonchev–Trinajstić information content (AvgIpc) is 3.03. The molecule has 1 aliphatic heterocycles. The molecule has 136 valence electrons. The maximum Gasteiger partial charge on any atom is 0.326 e. The van der Waals surface area contributed by atoms with Crippen LogP contribution in [0.4, 0.5) is 0 Å². The number of likely N-dealkylation sites (tertiary alicyclic amines) is 1. The first-order chi connectivity index (χ1) is 12.3. The van der Waals surface area contributed by atoms with Gasteiger partial charge in [0.2, 0.25) is 5.91 Å². The number of hydrogen-bond acceptors (Lipinski definition) is 3. The zero-order valence-electron chi connectivity index (χ0n) is 14.7. The van der Waals surface area contributed by atoms with Gasteiger partial charge in [-0.1, -0.05) is 32.0 Å². The number of aliphatic carboxylic acids is 1. The largest absolute Gasteiger partial charge is 0.480 e.